The molecule has 0 bridgehead atoms. The largest absolute Gasteiger partial charge is 0.421 e. The van der Waals surface area contributed by atoms with Crippen molar-refractivity contribution in [2.24, 2.45) is 0 Å². The molecule has 0 fully saturated rings. The number of carbonyl (C=O) groups excluding carboxylic acids is 2. The smallest absolute Gasteiger partial charge is 0.345 e. The predicted octanol–water partition coefficient (Wildman–Crippen LogP) is 3.81. The van der Waals surface area contributed by atoms with Gasteiger partial charge in [0.05, 0.1) is 16.1 Å². The molecule has 4 nitrogen and oxygen atoms in total. The van der Waals surface area contributed by atoms with E-state index in [0.29, 0.717) is 5.02 Å². The van der Waals surface area contributed by atoms with Crippen molar-refractivity contribution < 1.29 is 14.3 Å². The third-order valence-electron chi connectivity index (χ3n) is 2.48. The van der Waals surface area contributed by atoms with Gasteiger partial charge in [0.1, 0.15) is 0 Å². The number of ether oxygens (including phenoxy) is 1. The number of nitrogens with zero attached hydrogens (tertiary/aromatic N) is 1. The molecule has 20 heavy (non-hydrogen) atoms. The molecule has 0 unspecified atom stereocenters. The highest BCUT2D eigenvalue weighted by molar-refractivity contribution is 6.36. The van der Waals surface area contributed by atoms with E-state index < -0.39 is 5.97 Å². The van der Waals surface area contributed by atoms with Crippen LogP contribution in [0.2, 0.25) is 10.0 Å². The van der Waals surface area contributed by atoms with Crippen LogP contribution in [0.3, 0.4) is 0 Å². The van der Waals surface area contributed by atoms with E-state index >= 15 is 0 Å². The molecule has 0 amide bonds. The van der Waals surface area contributed by atoms with Gasteiger partial charge in [-0.2, -0.15) is 0 Å². The fourth-order valence-corrected chi connectivity index (χ4v) is 2.09. The molecule has 0 aliphatic rings. The first-order valence-electron chi connectivity index (χ1n) is 5.61. The summed E-state index contributed by atoms with van der Waals surface area (Å²) in [6, 6.07) is 5.96. The van der Waals surface area contributed by atoms with Crippen molar-refractivity contribution in [3.05, 3.63) is 57.8 Å². The van der Waals surface area contributed by atoms with Crippen molar-refractivity contribution in [2.45, 2.75) is 6.92 Å². The Labute approximate surface area is 125 Å². The molecule has 0 aliphatic heterocycles. The van der Waals surface area contributed by atoms with Crippen molar-refractivity contribution in [2.75, 3.05) is 0 Å². The molecule has 6 heteroatoms. The summed E-state index contributed by atoms with van der Waals surface area (Å²) in [6.07, 6.45) is 2.90. The van der Waals surface area contributed by atoms with Gasteiger partial charge in [0.2, 0.25) is 0 Å². The topological polar surface area (TPSA) is 56.3 Å². The van der Waals surface area contributed by atoms with Crippen molar-refractivity contribution in [1.29, 1.82) is 0 Å². The minimum atomic E-state index is -0.648. The maximum absolute atomic E-state index is 12.0. The molecule has 0 aliphatic carbocycles. The molecule has 0 saturated heterocycles. The number of esters is 1. The van der Waals surface area contributed by atoms with Crippen LogP contribution in [0.15, 0.2) is 36.7 Å². The molecular formula is C14H9Cl2NO3. The molecule has 2 rings (SSSR count). The molecule has 102 valence electrons. The van der Waals surface area contributed by atoms with E-state index in [0.717, 1.165) is 0 Å². The summed E-state index contributed by atoms with van der Waals surface area (Å²) < 4.78 is 5.19. The lowest BCUT2D eigenvalue weighted by Crippen LogP contribution is -2.11. The van der Waals surface area contributed by atoms with Crippen LogP contribution in [0.4, 0.5) is 0 Å². The van der Waals surface area contributed by atoms with Crippen LogP contribution >= 0.6 is 23.2 Å². The average Bonchev–Trinajstić information content (AvgIpc) is 2.42. The van der Waals surface area contributed by atoms with Crippen molar-refractivity contribution in [1.82, 2.24) is 4.98 Å². The van der Waals surface area contributed by atoms with E-state index in [1.54, 1.807) is 12.1 Å². The van der Waals surface area contributed by atoms with E-state index in [2.05, 4.69) is 4.98 Å². The highest BCUT2D eigenvalue weighted by atomic mass is 35.5. The molecule has 0 radical (unpaired) electrons. The summed E-state index contributed by atoms with van der Waals surface area (Å²) in [5.41, 5.74) is 0.410. The fraction of sp³-hybridized carbons (Fsp3) is 0.0714. The fourth-order valence-electron chi connectivity index (χ4n) is 1.56. The number of ketones is 1. The molecule has 1 heterocycles. The van der Waals surface area contributed by atoms with Gasteiger partial charge in [-0.3, -0.25) is 9.78 Å². The molecule has 0 spiro atoms. The number of benzene rings is 1. The Hall–Kier alpha value is -1.91. The summed E-state index contributed by atoms with van der Waals surface area (Å²) in [7, 11) is 0. The van der Waals surface area contributed by atoms with Gasteiger partial charge in [0.15, 0.2) is 11.5 Å². The molecule has 0 atom stereocenters. The van der Waals surface area contributed by atoms with Gasteiger partial charge in [-0.1, -0.05) is 23.2 Å². The standard InChI is InChI=1S/C14H9Cl2NO3/c1-8(18)11-5-10(15)6-12(16)13(11)20-14(19)9-3-2-4-17-7-9/h2-7H,1H3. The zero-order valence-corrected chi connectivity index (χ0v) is 11.9. The summed E-state index contributed by atoms with van der Waals surface area (Å²) in [6.45, 7) is 1.34. The van der Waals surface area contributed by atoms with E-state index in [9.17, 15) is 9.59 Å². The van der Waals surface area contributed by atoms with Crippen LogP contribution in [0.25, 0.3) is 0 Å². The third-order valence-corrected chi connectivity index (χ3v) is 2.98. The molecule has 1 aromatic heterocycles. The number of halogens is 2. The molecule has 0 N–H and O–H groups in total. The first kappa shape index (κ1) is 14.5. The Morgan fingerprint density at radius 3 is 2.60 bits per heavy atom. The summed E-state index contributed by atoms with van der Waals surface area (Å²) in [5, 5.41) is 0.390. The summed E-state index contributed by atoms with van der Waals surface area (Å²) in [5.74, 6) is -0.953. The van der Waals surface area contributed by atoms with Gasteiger partial charge < -0.3 is 4.74 Å². The van der Waals surface area contributed by atoms with Gasteiger partial charge in [-0.25, -0.2) is 4.79 Å². The second-order valence-corrected chi connectivity index (χ2v) is 4.80. The minimum Gasteiger partial charge on any atom is -0.421 e. The van der Waals surface area contributed by atoms with Crippen LogP contribution in [-0.4, -0.2) is 16.7 Å². The monoisotopic (exact) mass is 309 g/mol. The number of hydrogen-bond donors (Lipinski definition) is 0. The highest BCUT2D eigenvalue weighted by Gasteiger charge is 2.18. The first-order chi connectivity index (χ1) is 9.49. The maximum Gasteiger partial charge on any atom is 0.345 e. The Morgan fingerprint density at radius 1 is 1.25 bits per heavy atom. The number of pyridine rings is 1. The Kier molecular flexibility index (Phi) is 4.37. The molecular weight excluding hydrogens is 301 g/mol. The van der Waals surface area contributed by atoms with Crippen molar-refractivity contribution in [3.63, 3.8) is 0 Å². The number of rotatable bonds is 3. The molecule has 1 aromatic carbocycles. The first-order valence-corrected chi connectivity index (χ1v) is 6.37. The SMILES string of the molecule is CC(=O)c1cc(Cl)cc(Cl)c1OC(=O)c1cccnc1. The molecule has 0 saturated carbocycles. The lowest BCUT2D eigenvalue weighted by atomic mass is 10.1. The second-order valence-electron chi connectivity index (χ2n) is 3.95. The van der Waals surface area contributed by atoms with Gasteiger partial charge in [-0.15, -0.1) is 0 Å². The zero-order valence-electron chi connectivity index (χ0n) is 10.4. The number of aromatic nitrogens is 1. The summed E-state index contributed by atoms with van der Waals surface area (Å²) >= 11 is 11.8. The normalized spacial score (nSPS) is 10.2. The van der Waals surface area contributed by atoms with E-state index in [1.165, 1.54) is 31.5 Å². The van der Waals surface area contributed by atoms with Gasteiger partial charge in [-0.05, 0) is 31.2 Å². The van der Waals surface area contributed by atoms with Crippen LogP contribution in [0.5, 0.6) is 5.75 Å². The highest BCUT2D eigenvalue weighted by Crippen LogP contribution is 2.33. The Balaban J connectivity index is 2.39. The van der Waals surface area contributed by atoms with Crippen LogP contribution in [-0.2, 0) is 0 Å². The lowest BCUT2D eigenvalue weighted by molar-refractivity contribution is 0.0732. The number of hydrogen-bond acceptors (Lipinski definition) is 4. The van der Waals surface area contributed by atoms with Crippen LogP contribution in [0.1, 0.15) is 27.6 Å². The second kappa shape index (κ2) is 6.03. The van der Waals surface area contributed by atoms with E-state index in [4.69, 9.17) is 27.9 Å². The van der Waals surface area contributed by atoms with Crippen molar-refractivity contribution in [3.8, 4) is 5.75 Å². The quantitative estimate of drug-likeness (QED) is 0.491. The minimum absolute atomic E-state index is 0.00239. The van der Waals surface area contributed by atoms with Crippen LogP contribution < -0.4 is 4.74 Å². The van der Waals surface area contributed by atoms with Gasteiger partial charge in [0, 0.05) is 17.4 Å². The number of Topliss-reactive ketones (excluding diaryl/α,β-unsaturated/α-hetero) is 1. The van der Waals surface area contributed by atoms with E-state index in [-0.39, 0.29) is 27.7 Å². The zero-order chi connectivity index (χ0) is 14.7. The molecule has 2 aromatic rings. The van der Waals surface area contributed by atoms with Gasteiger partial charge >= 0.3 is 5.97 Å². The Morgan fingerprint density at radius 2 is 2.00 bits per heavy atom. The number of carbonyl (C=O) groups is 2. The average molecular weight is 310 g/mol. The maximum atomic E-state index is 12.0. The van der Waals surface area contributed by atoms with Crippen LogP contribution in [0, 0.1) is 0 Å². The van der Waals surface area contributed by atoms with E-state index in [1.807, 2.05) is 0 Å². The predicted molar refractivity (Wildman–Crippen MR) is 75.7 cm³/mol. The summed E-state index contributed by atoms with van der Waals surface area (Å²) in [4.78, 5) is 27.3. The Bertz CT molecular complexity index is 672. The van der Waals surface area contributed by atoms with Crippen molar-refractivity contribution >= 4 is 35.0 Å². The lowest BCUT2D eigenvalue weighted by Gasteiger charge is -2.10. The third kappa shape index (κ3) is 3.15. The van der Waals surface area contributed by atoms with Gasteiger partial charge in [0.25, 0.3) is 0 Å².